The van der Waals surface area contributed by atoms with E-state index >= 15 is 0 Å². The fourth-order valence-corrected chi connectivity index (χ4v) is 2.00. The molecule has 0 saturated heterocycles. The van der Waals surface area contributed by atoms with E-state index in [0.717, 1.165) is 0 Å². The molecule has 0 N–H and O–H groups in total. The summed E-state index contributed by atoms with van der Waals surface area (Å²) >= 11 is 0. The first kappa shape index (κ1) is 15.4. The Morgan fingerprint density at radius 3 is 2.00 bits per heavy atom. The zero-order chi connectivity index (χ0) is 12.9. The lowest BCUT2D eigenvalue weighted by Crippen LogP contribution is -2.40. The standard InChI is InChI=1S/C13H26O3/c1-9(2)11(15-7)13(5,6)8-16-12(14)10(3)4/h9-11H,8H2,1-7H3/t11-/m0/s1. The average molecular weight is 230 g/mol. The fraction of sp³-hybridized carbons (Fsp3) is 0.923. The van der Waals surface area contributed by atoms with Gasteiger partial charge in [0.1, 0.15) is 0 Å². The third-order valence-electron chi connectivity index (χ3n) is 2.69. The molecule has 0 aliphatic carbocycles. The van der Waals surface area contributed by atoms with Gasteiger partial charge in [-0.1, -0.05) is 41.5 Å². The molecule has 0 aromatic heterocycles. The summed E-state index contributed by atoms with van der Waals surface area (Å²) in [5, 5.41) is 0. The predicted octanol–water partition coefficient (Wildman–Crippen LogP) is 2.88. The molecule has 0 rings (SSSR count). The zero-order valence-electron chi connectivity index (χ0n) is 11.7. The van der Waals surface area contributed by atoms with E-state index in [1.807, 2.05) is 13.8 Å². The van der Waals surface area contributed by atoms with E-state index in [0.29, 0.717) is 12.5 Å². The number of carbonyl (C=O) groups is 1. The molecule has 96 valence electrons. The van der Waals surface area contributed by atoms with Gasteiger partial charge in [-0.05, 0) is 5.92 Å². The smallest absolute Gasteiger partial charge is 0.308 e. The van der Waals surface area contributed by atoms with Crippen LogP contribution in [0.5, 0.6) is 0 Å². The molecule has 0 aromatic carbocycles. The Morgan fingerprint density at radius 2 is 1.69 bits per heavy atom. The van der Waals surface area contributed by atoms with Gasteiger partial charge in [-0.2, -0.15) is 0 Å². The summed E-state index contributed by atoms with van der Waals surface area (Å²) in [6, 6.07) is 0. The van der Waals surface area contributed by atoms with Crippen molar-refractivity contribution in [2.24, 2.45) is 17.3 Å². The predicted molar refractivity (Wildman–Crippen MR) is 65.2 cm³/mol. The number of hydrogen-bond acceptors (Lipinski definition) is 3. The van der Waals surface area contributed by atoms with Gasteiger partial charge in [0.2, 0.25) is 0 Å². The number of carbonyl (C=O) groups excluding carboxylic acids is 1. The van der Waals surface area contributed by atoms with Crippen molar-refractivity contribution in [2.45, 2.75) is 47.6 Å². The van der Waals surface area contributed by atoms with Gasteiger partial charge in [0, 0.05) is 12.5 Å². The van der Waals surface area contributed by atoms with Crippen LogP contribution in [0, 0.1) is 17.3 Å². The maximum atomic E-state index is 11.4. The van der Waals surface area contributed by atoms with Crippen molar-refractivity contribution < 1.29 is 14.3 Å². The summed E-state index contributed by atoms with van der Waals surface area (Å²) in [5.41, 5.74) is -0.159. The largest absolute Gasteiger partial charge is 0.465 e. The van der Waals surface area contributed by atoms with Crippen LogP contribution in [0.1, 0.15) is 41.5 Å². The molecule has 0 saturated carbocycles. The van der Waals surface area contributed by atoms with Crippen LogP contribution in [0.15, 0.2) is 0 Å². The second kappa shape index (κ2) is 6.24. The molecule has 3 nitrogen and oxygen atoms in total. The third-order valence-corrected chi connectivity index (χ3v) is 2.69. The van der Waals surface area contributed by atoms with Gasteiger partial charge in [-0.25, -0.2) is 0 Å². The van der Waals surface area contributed by atoms with Crippen molar-refractivity contribution in [3.63, 3.8) is 0 Å². The monoisotopic (exact) mass is 230 g/mol. The molecule has 16 heavy (non-hydrogen) atoms. The van der Waals surface area contributed by atoms with E-state index in [2.05, 4.69) is 27.7 Å². The summed E-state index contributed by atoms with van der Waals surface area (Å²) in [5.74, 6) is 0.181. The summed E-state index contributed by atoms with van der Waals surface area (Å²) in [6.45, 7) is 12.4. The minimum absolute atomic E-state index is 0.0733. The van der Waals surface area contributed by atoms with Gasteiger partial charge in [0.05, 0.1) is 18.6 Å². The molecule has 0 aliphatic heterocycles. The quantitative estimate of drug-likeness (QED) is 0.658. The van der Waals surface area contributed by atoms with Gasteiger partial charge in [0.25, 0.3) is 0 Å². The van der Waals surface area contributed by atoms with E-state index < -0.39 is 0 Å². The molecule has 0 radical (unpaired) electrons. The first-order valence-corrected chi connectivity index (χ1v) is 5.91. The molecule has 0 aliphatic rings. The molecular weight excluding hydrogens is 204 g/mol. The van der Waals surface area contributed by atoms with E-state index in [1.54, 1.807) is 7.11 Å². The maximum absolute atomic E-state index is 11.4. The van der Waals surface area contributed by atoms with Gasteiger partial charge in [0.15, 0.2) is 0 Å². The highest BCUT2D eigenvalue weighted by Gasteiger charge is 2.33. The first-order chi connectivity index (χ1) is 7.22. The number of methoxy groups -OCH3 is 1. The number of ether oxygens (including phenoxy) is 2. The van der Waals surface area contributed by atoms with Gasteiger partial charge in [-0.3, -0.25) is 4.79 Å². The molecule has 3 heteroatoms. The van der Waals surface area contributed by atoms with Gasteiger partial charge in [-0.15, -0.1) is 0 Å². The van der Waals surface area contributed by atoms with E-state index in [4.69, 9.17) is 9.47 Å². The van der Waals surface area contributed by atoms with Crippen molar-refractivity contribution in [3.05, 3.63) is 0 Å². The maximum Gasteiger partial charge on any atom is 0.308 e. The number of esters is 1. The van der Waals surface area contributed by atoms with Crippen LogP contribution < -0.4 is 0 Å². The number of rotatable bonds is 6. The van der Waals surface area contributed by atoms with Gasteiger partial charge < -0.3 is 9.47 Å². The molecule has 0 heterocycles. The summed E-state index contributed by atoms with van der Waals surface area (Å²) in [4.78, 5) is 11.4. The summed E-state index contributed by atoms with van der Waals surface area (Å²) in [7, 11) is 1.71. The summed E-state index contributed by atoms with van der Waals surface area (Å²) < 4.78 is 10.8. The Balaban J connectivity index is 4.38. The molecule has 0 spiro atoms. The highest BCUT2D eigenvalue weighted by atomic mass is 16.5. The topological polar surface area (TPSA) is 35.5 Å². The number of hydrogen-bond donors (Lipinski definition) is 0. The second-order valence-corrected chi connectivity index (χ2v) is 5.65. The lowest BCUT2D eigenvalue weighted by molar-refractivity contribution is -0.154. The van der Waals surface area contributed by atoms with Crippen LogP contribution in [-0.4, -0.2) is 25.8 Å². The minimum Gasteiger partial charge on any atom is -0.465 e. The fourth-order valence-electron chi connectivity index (χ4n) is 2.00. The van der Waals surface area contributed by atoms with E-state index in [1.165, 1.54) is 0 Å². The molecule has 1 atom stereocenters. The van der Waals surface area contributed by atoms with Crippen molar-refractivity contribution in [1.29, 1.82) is 0 Å². The molecular formula is C13H26O3. The Hall–Kier alpha value is -0.570. The van der Waals surface area contributed by atoms with E-state index in [-0.39, 0.29) is 23.4 Å². The summed E-state index contributed by atoms with van der Waals surface area (Å²) in [6.07, 6.45) is 0.0902. The normalized spacial score (nSPS) is 14.3. The van der Waals surface area contributed by atoms with Crippen molar-refractivity contribution in [2.75, 3.05) is 13.7 Å². The molecule has 0 bridgehead atoms. The minimum atomic E-state index is -0.159. The van der Waals surface area contributed by atoms with Crippen LogP contribution >= 0.6 is 0 Å². The highest BCUT2D eigenvalue weighted by molar-refractivity contribution is 5.71. The van der Waals surface area contributed by atoms with Crippen LogP contribution in [0.25, 0.3) is 0 Å². The van der Waals surface area contributed by atoms with Crippen LogP contribution in [-0.2, 0) is 14.3 Å². The van der Waals surface area contributed by atoms with Crippen molar-refractivity contribution in [1.82, 2.24) is 0 Å². The van der Waals surface area contributed by atoms with Crippen LogP contribution in [0.3, 0.4) is 0 Å². The van der Waals surface area contributed by atoms with E-state index in [9.17, 15) is 4.79 Å². The Morgan fingerprint density at radius 1 is 1.19 bits per heavy atom. The SMILES string of the molecule is CO[C@@H](C(C)C)C(C)(C)COC(=O)C(C)C. The molecule has 0 aromatic rings. The lowest BCUT2D eigenvalue weighted by Gasteiger charge is -2.35. The van der Waals surface area contributed by atoms with Gasteiger partial charge >= 0.3 is 5.97 Å². The third kappa shape index (κ3) is 4.52. The van der Waals surface area contributed by atoms with Crippen LogP contribution in [0.2, 0.25) is 0 Å². The Bertz CT molecular complexity index is 219. The molecule has 0 amide bonds. The lowest BCUT2D eigenvalue weighted by atomic mass is 9.81. The van der Waals surface area contributed by atoms with Crippen LogP contribution in [0.4, 0.5) is 0 Å². The van der Waals surface area contributed by atoms with Crippen molar-refractivity contribution in [3.8, 4) is 0 Å². The Kier molecular flexibility index (Phi) is 6.01. The molecule has 0 fully saturated rings. The Labute approximate surface area is 99.5 Å². The van der Waals surface area contributed by atoms with Crippen molar-refractivity contribution >= 4 is 5.97 Å². The molecule has 0 unspecified atom stereocenters. The average Bonchev–Trinajstić information content (AvgIpc) is 2.13. The zero-order valence-corrected chi connectivity index (χ0v) is 11.7. The highest BCUT2D eigenvalue weighted by Crippen LogP contribution is 2.29. The second-order valence-electron chi connectivity index (χ2n) is 5.65. The first-order valence-electron chi connectivity index (χ1n) is 5.91.